The summed E-state index contributed by atoms with van der Waals surface area (Å²) in [6, 6.07) is 39.4. The number of benzene rings is 3. The van der Waals surface area contributed by atoms with Crippen molar-refractivity contribution >= 4 is 0 Å². The molecule has 5 heteroatoms. The second kappa shape index (κ2) is 11.4. The Morgan fingerprint density at radius 3 is 1.02 bits per heavy atom. The minimum Gasteiger partial charge on any atom is -0.265 e. The Hall–Kier alpha value is -5.81. The van der Waals surface area contributed by atoms with Gasteiger partial charge in [0.2, 0.25) is 0 Å². The molecule has 198 valence electrons. The first-order valence-corrected chi connectivity index (χ1v) is 13.7. The van der Waals surface area contributed by atoms with Gasteiger partial charge in [-0.05, 0) is 94.0 Å². The molecule has 5 nitrogen and oxygen atoms in total. The van der Waals surface area contributed by atoms with E-state index in [4.69, 9.17) is 9.97 Å². The lowest BCUT2D eigenvalue weighted by Gasteiger charge is -2.12. The van der Waals surface area contributed by atoms with Crippen molar-refractivity contribution in [1.29, 1.82) is 0 Å². The minimum atomic E-state index is 0.669. The van der Waals surface area contributed by atoms with Crippen molar-refractivity contribution in [2.45, 2.75) is 0 Å². The van der Waals surface area contributed by atoms with Gasteiger partial charge >= 0.3 is 0 Å². The molecule has 0 radical (unpaired) electrons. The van der Waals surface area contributed by atoms with Crippen molar-refractivity contribution in [2.24, 2.45) is 0 Å². The maximum atomic E-state index is 5.11. The monoisotopic (exact) mass is 539 g/mol. The van der Waals surface area contributed by atoms with Crippen LogP contribution in [0.3, 0.4) is 0 Å². The number of nitrogens with zero attached hydrogens (tertiary/aromatic N) is 5. The van der Waals surface area contributed by atoms with Crippen LogP contribution in [0.5, 0.6) is 0 Å². The van der Waals surface area contributed by atoms with E-state index in [-0.39, 0.29) is 0 Å². The van der Waals surface area contributed by atoms with Gasteiger partial charge in [-0.15, -0.1) is 0 Å². The van der Waals surface area contributed by atoms with E-state index in [9.17, 15) is 0 Å². The van der Waals surface area contributed by atoms with Gasteiger partial charge in [0.1, 0.15) is 0 Å². The Morgan fingerprint density at radius 1 is 0.286 bits per heavy atom. The van der Waals surface area contributed by atoms with Crippen LogP contribution in [0.15, 0.2) is 152 Å². The van der Waals surface area contributed by atoms with Crippen LogP contribution in [0, 0.1) is 0 Å². The average molecular weight is 540 g/mol. The standard InChI is InChI=1S/C37H25N5/c1-4-29(26-10-16-38-17-11-26)22-32(7-1)35-25-36(33-8-2-5-30(23-33)27-12-18-39-19-13-27)42-37(41-35)34-9-3-6-31(24-34)28-14-20-40-21-15-28/h1-25H. The maximum absolute atomic E-state index is 5.11. The van der Waals surface area contributed by atoms with Gasteiger partial charge in [-0.25, -0.2) is 9.97 Å². The largest absolute Gasteiger partial charge is 0.265 e. The lowest BCUT2D eigenvalue weighted by atomic mass is 9.99. The molecule has 0 bridgehead atoms. The fourth-order valence-electron chi connectivity index (χ4n) is 5.06. The number of hydrogen-bond acceptors (Lipinski definition) is 5. The summed E-state index contributed by atoms with van der Waals surface area (Å²) in [5.41, 5.74) is 11.3. The Labute approximate surface area is 244 Å². The molecule has 4 aromatic heterocycles. The number of pyridine rings is 3. The van der Waals surface area contributed by atoms with Crippen molar-refractivity contribution < 1.29 is 0 Å². The predicted octanol–water partition coefficient (Wildman–Crippen LogP) is 8.66. The van der Waals surface area contributed by atoms with E-state index in [1.165, 1.54) is 0 Å². The van der Waals surface area contributed by atoms with Gasteiger partial charge < -0.3 is 0 Å². The van der Waals surface area contributed by atoms with E-state index in [1.807, 2.05) is 73.6 Å². The Balaban J connectivity index is 1.38. The van der Waals surface area contributed by atoms with E-state index in [1.54, 1.807) is 0 Å². The number of rotatable bonds is 6. The summed E-state index contributed by atoms with van der Waals surface area (Å²) in [6.07, 6.45) is 10.9. The molecule has 0 N–H and O–H groups in total. The van der Waals surface area contributed by atoms with Gasteiger partial charge in [-0.3, -0.25) is 15.0 Å². The summed E-state index contributed by atoms with van der Waals surface area (Å²) in [4.78, 5) is 22.7. The summed E-state index contributed by atoms with van der Waals surface area (Å²) in [5, 5.41) is 0. The number of hydrogen-bond donors (Lipinski definition) is 0. The molecule has 0 amide bonds. The molecular weight excluding hydrogens is 514 g/mol. The second-order valence-electron chi connectivity index (χ2n) is 9.91. The first-order valence-electron chi connectivity index (χ1n) is 13.7. The molecule has 0 aliphatic heterocycles. The maximum Gasteiger partial charge on any atom is 0.160 e. The summed E-state index contributed by atoms with van der Waals surface area (Å²) >= 11 is 0. The molecule has 0 aliphatic carbocycles. The van der Waals surface area contributed by atoms with Crippen LogP contribution in [0.2, 0.25) is 0 Å². The Bertz CT molecular complexity index is 1730. The summed E-state index contributed by atoms with van der Waals surface area (Å²) in [5.74, 6) is 0.669. The summed E-state index contributed by atoms with van der Waals surface area (Å²) < 4.78 is 0. The molecule has 0 unspecified atom stereocenters. The zero-order chi connectivity index (χ0) is 28.1. The first kappa shape index (κ1) is 25.2. The molecule has 0 spiro atoms. The van der Waals surface area contributed by atoms with E-state index in [0.29, 0.717) is 5.82 Å². The average Bonchev–Trinajstić information content (AvgIpc) is 3.09. The van der Waals surface area contributed by atoms with Crippen LogP contribution in [-0.2, 0) is 0 Å². The molecule has 7 rings (SSSR count). The third-order valence-corrected chi connectivity index (χ3v) is 7.20. The topological polar surface area (TPSA) is 64.5 Å². The van der Waals surface area contributed by atoms with Gasteiger partial charge in [0.25, 0.3) is 0 Å². The highest BCUT2D eigenvalue weighted by Gasteiger charge is 2.13. The van der Waals surface area contributed by atoms with Crippen molar-refractivity contribution in [3.05, 3.63) is 152 Å². The lowest BCUT2D eigenvalue weighted by Crippen LogP contribution is -1.96. The molecule has 7 aromatic rings. The molecular formula is C37H25N5. The van der Waals surface area contributed by atoms with E-state index >= 15 is 0 Å². The molecule has 0 fully saturated rings. The third kappa shape index (κ3) is 5.31. The highest BCUT2D eigenvalue weighted by Crippen LogP contribution is 2.32. The van der Waals surface area contributed by atoms with Crippen LogP contribution in [-0.4, -0.2) is 24.9 Å². The van der Waals surface area contributed by atoms with Crippen LogP contribution >= 0.6 is 0 Å². The Kier molecular flexibility index (Phi) is 6.81. The molecule has 0 saturated carbocycles. The molecule has 42 heavy (non-hydrogen) atoms. The van der Waals surface area contributed by atoms with E-state index in [2.05, 4.69) is 93.8 Å². The van der Waals surface area contributed by atoms with E-state index in [0.717, 1.165) is 61.5 Å². The summed E-state index contributed by atoms with van der Waals surface area (Å²) in [7, 11) is 0. The minimum absolute atomic E-state index is 0.669. The predicted molar refractivity (Wildman–Crippen MR) is 168 cm³/mol. The zero-order valence-electron chi connectivity index (χ0n) is 22.7. The normalized spacial score (nSPS) is 10.9. The van der Waals surface area contributed by atoms with Crippen LogP contribution in [0.4, 0.5) is 0 Å². The van der Waals surface area contributed by atoms with Gasteiger partial charge in [0, 0.05) is 53.9 Å². The number of aromatic nitrogens is 5. The van der Waals surface area contributed by atoms with Crippen molar-refractivity contribution in [3.63, 3.8) is 0 Å². The van der Waals surface area contributed by atoms with Gasteiger partial charge in [-0.2, -0.15) is 0 Å². The van der Waals surface area contributed by atoms with Crippen molar-refractivity contribution in [2.75, 3.05) is 0 Å². The SMILES string of the molecule is c1cc(-c2ccncc2)cc(-c2cc(-c3cccc(-c4ccncc4)c3)nc(-c3cccc(-c4ccncc4)c3)n2)c1. The molecule has 3 aromatic carbocycles. The van der Waals surface area contributed by atoms with Gasteiger partial charge in [0.15, 0.2) is 5.82 Å². The van der Waals surface area contributed by atoms with Crippen LogP contribution in [0.25, 0.3) is 67.3 Å². The Morgan fingerprint density at radius 2 is 0.619 bits per heavy atom. The highest BCUT2D eigenvalue weighted by molar-refractivity contribution is 5.78. The molecule has 4 heterocycles. The van der Waals surface area contributed by atoms with Gasteiger partial charge in [0.05, 0.1) is 11.4 Å². The molecule has 0 aliphatic rings. The highest BCUT2D eigenvalue weighted by atomic mass is 14.9. The smallest absolute Gasteiger partial charge is 0.160 e. The molecule has 0 atom stereocenters. The summed E-state index contributed by atoms with van der Waals surface area (Å²) in [6.45, 7) is 0. The van der Waals surface area contributed by atoms with E-state index < -0.39 is 0 Å². The molecule has 0 saturated heterocycles. The van der Waals surface area contributed by atoms with Gasteiger partial charge in [-0.1, -0.05) is 54.6 Å². The first-order chi connectivity index (χ1) is 20.8. The van der Waals surface area contributed by atoms with Crippen LogP contribution < -0.4 is 0 Å². The van der Waals surface area contributed by atoms with Crippen LogP contribution in [0.1, 0.15) is 0 Å². The second-order valence-corrected chi connectivity index (χ2v) is 9.91. The quantitative estimate of drug-likeness (QED) is 0.212. The fourth-order valence-corrected chi connectivity index (χ4v) is 5.06. The lowest BCUT2D eigenvalue weighted by molar-refractivity contribution is 1.18. The fraction of sp³-hybridized carbons (Fsp3) is 0. The zero-order valence-corrected chi connectivity index (χ0v) is 22.7. The third-order valence-electron chi connectivity index (χ3n) is 7.20. The van der Waals surface area contributed by atoms with Crippen molar-refractivity contribution in [3.8, 4) is 67.3 Å². The van der Waals surface area contributed by atoms with Crippen molar-refractivity contribution in [1.82, 2.24) is 24.9 Å².